The number of aromatic amines is 1. The Morgan fingerprint density at radius 1 is 1.32 bits per heavy atom. The van der Waals surface area contributed by atoms with E-state index in [0.717, 1.165) is 30.4 Å². The molecule has 0 spiro atoms. The molecule has 19 heavy (non-hydrogen) atoms. The summed E-state index contributed by atoms with van der Waals surface area (Å²) in [6.45, 7) is 5.86. The molecule has 100 valence electrons. The van der Waals surface area contributed by atoms with E-state index in [9.17, 15) is 0 Å². The minimum atomic E-state index is 0.402. The van der Waals surface area contributed by atoms with Gasteiger partial charge in [-0.25, -0.2) is 4.98 Å². The van der Waals surface area contributed by atoms with Crippen LogP contribution >= 0.6 is 0 Å². The molecule has 1 saturated heterocycles. The van der Waals surface area contributed by atoms with Gasteiger partial charge in [0.15, 0.2) is 5.82 Å². The molecule has 0 saturated carbocycles. The van der Waals surface area contributed by atoms with Crippen LogP contribution in [-0.2, 0) is 6.54 Å². The third-order valence-corrected chi connectivity index (χ3v) is 3.60. The van der Waals surface area contributed by atoms with Gasteiger partial charge in [-0.15, -0.1) is 0 Å². The van der Waals surface area contributed by atoms with Gasteiger partial charge in [-0.1, -0.05) is 6.07 Å². The number of nitrogens with zero attached hydrogens (tertiary/aromatic N) is 4. The van der Waals surface area contributed by atoms with Gasteiger partial charge in [0.2, 0.25) is 0 Å². The van der Waals surface area contributed by atoms with Crippen molar-refractivity contribution in [2.45, 2.75) is 39.3 Å². The average molecular weight is 257 g/mol. The largest absolute Gasteiger partial charge is 0.287 e. The maximum atomic E-state index is 4.66. The van der Waals surface area contributed by atoms with Crippen LogP contribution in [0.1, 0.15) is 41.9 Å². The molecule has 1 N–H and O–H groups in total. The zero-order chi connectivity index (χ0) is 13.2. The summed E-state index contributed by atoms with van der Waals surface area (Å²) in [5.74, 6) is 1.75. The highest BCUT2D eigenvalue weighted by Gasteiger charge is 2.27. The van der Waals surface area contributed by atoms with Gasteiger partial charge in [0, 0.05) is 5.69 Å². The maximum absolute atomic E-state index is 4.66. The van der Waals surface area contributed by atoms with Crippen molar-refractivity contribution in [3.63, 3.8) is 0 Å². The molecule has 0 aliphatic carbocycles. The summed E-state index contributed by atoms with van der Waals surface area (Å²) < 4.78 is 0. The maximum Gasteiger partial charge on any atom is 0.164 e. The van der Waals surface area contributed by atoms with Crippen molar-refractivity contribution in [1.82, 2.24) is 25.1 Å². The summed E-state index contributed by atoms with van der Waals surface area (Å²) in [5, 5.41) is 7.13. The molecule has 0 bridgehead atoms. The first kappa shape index (κ1) is 12.3. The van der Waals surface area contributed by atoms with Crippen LogP contribution in [0.4, 0.5) is 0 Å². The molecule has 5 nitrogen and oxygen atoms in total. The Hall–Kier alpha value is -1.75. The fourth-order valence-electron chi connectivity index (χ4n) is 2.74. The van der Waals surface area contributed by atoms with Crippen LogP contribution < -0.4 is 0 Å². The molecule has 2 aromatic heterocycles. The monoisotopic (exact) mass is 257 g/mol. The predicted molar refractivity (Wildman–Crippen MR) is 72.5 cm³/mol. The molecule has 1 aliphatic rings. The minimum Gasteiger partial charge on any atom is -0.287 e. The lowest BCUT2D eigenvalue weighted by molar-refractivity contribution is 0.238. The van der Waals surface area contributed by atoms with Crippen LogP contribution in [-0.4, -0.2) is 31.6 Å². The van der Waals surface area contributed by atoms with Crippen LogP contribution in [0.3, 0.4) is 0 Å². The standard InChI is InChI=1S/C14H19N5/c1-10-5-3-6-12(15-10)13-7-4-8-19(13)9-14-16-11(2)17-18-14/h3,5-6,13H,4,7-9H2,1-2H3,(H,16,17,18)/t13-/m1/s1. The molecule has 0 radical (unpaired) electrons. The molecule has 0 aromatic carbocycles. The Morgan fingerprint density at radius 3 is 2.95 bits per heavy atom. The average Bonchev–Trinajstić information content (AvgIpc) is 2.99. The summed E-state index contributed by atoms with van der Waals surface area (Å²) in [5.41, 5.74) is 2.25. The highest BCUT2D eigenvalue weighted by molar-refractivity contribution is 5.15. The lowest BCUT2D eigenvalue weighted by atomic mass is 10.1. The number of rotatable bonds is 3. The predicted octanol–water partition coefficient (Wildman–Crippen LogP) is 2.15. The molecule has 5 heteroatoms. The van der Waals surface area contributed by atoms with Gasteiger partial charge in [0.1, 0.15) is 5.82 Å². The first-order valence-corrected chi connectivity index (χ1v) is 6.78. The molecule has 1 fully saturated rings. The van der Waals surface area contributed by atoms with Crippen molar-refractivity contribution >= 4 is 0 Å². The van der Waals surface area contributed by atoms with Crippen molar-refractivity contribution in [2.75, 3.05) is 6.54 Å². The SMILES string of the molecule is Cc1cccc([C@H]2CCCN2Cc2n[nH]c(C)n2)n1. The first-order chi connectivity index (χ1) is 9.22. The summed E-state index contributed by atoms with van der Waals surface area (Å²) in [6, 6.07) is 6.66. The number of aryl methyl sites for hydroxylation is 2. The molecular weight excluding hydrogens is 238 g/mol. The van der Waals surface area contributed by atoms with E-state index in [1.807, 2.05) is 19.9 Å². The molecule has 0 unspecified atom stereocenters. The number of aromatic nitrogens is 4. The zero-order valence-electron chi connectivity index (χ0n) is 11.4. The summed E-state index contributed by atoms with van der Waals surface area (Å²) in [6.07, 6.45) is 2.38. The first-order valence-electron chi connectivity index (χ1n) is 6.78. The Bertz CT molecular complexity index is 562. The van der Waals surface area contributed by atoms with Crippen LogP contribution in [0.5, 0.6) is 0 Å². The molecule has 0 amide bonds. The topological polar surface area (TPSA) is 57.7 Å². The van der Waals surface area contributed by atoms with Gasteiger partial charge in [0.25, 0.3) is 0 Å². The summed E-state index contributed by atoms with van der Waals surface area (Å²) in [4.78, 5) is 11.5. The van der Waals surface area contributed by atoms with Gasteiger partial charge in [-0.3, -0.25) is 15.0 Å². The van der Waals surface area contributed by atoms with Crippen LogP contribution in [0.15, 0.2) is 18.2 Å². The van der Waals surface area contributed by atoms with Gasteiger partial charge >= 0.3 is 0 Å². The minimum absolute atomic E-state index is 0.402. The number of hydrogen-bond acceptors (Lipinski definition) is 4. The number of hydrogen-bond donors (Lipinski definition) is 1. The second-order valence-electron chi connectivity index (χ2n) is 5.17. The Balaban J connectivity index is 1.78. The van der Waals surface area contributed by atoms with E-state index >= 15 is 0 Å². The van der Waals surface area contributed by atoms with E-state index in [1.165, 1.54) is 18.5 Å². The van der Waals surface area contributed by atoms with Crippen molar-refractivity contribution in [1.29, 1.82) is 0 Å². The fraction of sp³-hybridized carbons (Fsp3) is 0.500. The summed E-state index contributed by atoms with van der Waals surface area (Å²) >= 11 is 0. The van der Waals surface area contributed by atoms with Gasteiger partial charge in [-0.2, -0.15) is 5.10 Å². The molecule has 3 heterocycles. The third kappa shape index (κ3) is 2.66. The van der Waals surface area contributed by atoms with Crippen molar-refractivity contribution in [3.05, 3.63) is 41.2 Å². The zero-order valence-corrected chi connectivity index (χ0v) is 11.4. The second kappa shape index (κ2) is 5.09. The number of nitrogens with one attached hydrogen (secondary N) is 1. The van der Waals surface area contributed by atoms with Crippen LogP contribution in [0.25, 0.3) is 0 Å². The lowest BCUT2D eigenvalue weighted by Crippen LogP contribution is -2.24. The van der Waals surface area contributed by atoms with Crippen LogP contribution in [0.2, 0.25) is 0 Å². The third-order valence-electron chi connectivity index (χ3n) is 3.60. The van der Waals surface area contributed by atoms with Gasteiger partial charge < -0.3 is 0 Å². The van der Waals surface area contributed by atoms with Crippen LogP contribution in [0, 0.1) is 13.8 Å². The summed E-state index contributed by atoms with van der Waals surface area (Å²) in [7, 11) is 0. The van der Waals surface area contributed by atoms with E-state index in [0.29, 0.717) is 6.04 Å². The molecule has 2 aromatic rings. The quantitative estimate of drug-likeness (QED) is 0.915. The van der Waals surface area contributed by atoms with E-state index < -0.39 is 0 Å². The molecule has 3 rings (SSSR count). The van der Waals surface area contributed by atoms with Gasteiger partial charge in [-0.05, 0) is 45.4 Å². The van der Waals surface area contributed by atoms with E-state index in [4.69, 9.17) is 0 Å². The molecule has 1 atom stereocenters. The highest BCUT2D eigenvalue weighted by atomic mass is 15.3. The second-order valence-corrected chi connectivity index (χ2v) is 5.17. The Kier molecular flexibility index (Phi) is 3.29. The highest BCUT2D eigenvalue weighted by Crippen LogP contribution is 2.31. The Morgan fingerprint density at radius 2 is 2.21 bits per heavy atom. The van der Waals surface area contributed by atoms with Crippen molar-refractivity contribution < 1.29 is 0 Å². The Labute approximate surface area is 113 Å². The lowest BCUT2D eigenvalue weighted by Gasteiger charge is -2.22. The van der Waals surface area contributed by atoms with E-state index in [-0.39, 0.29) is 0 Å². The van der Waals surface area contributed by atoms with E-state index in [1.54, 1.807) is 0 Å². The molecular formula is C14H19N5. The number of pyridine rings is 1. The number of H-pyrrole nitrogens is 1. The van der Waals surface area contributed by atoms with Crippen molar-refractivity contribution in [3.8, 4) is 0 Å². The van der Waals surface area contributed by atoms with Gasteiger partial charge in [0.05, 0.1) is 18.3 Å². The smallest absolute Gasteiger partial charge is 0.164 e. The molecule has 1 aliphatic heterocycles. The fourth-order valence-corrected chi connectivity index (χ4v) is 2.74. The number of likely N-dealkylation sites (tertiary alicyclic amines) is 1. The van der Waals surface area contributed by atoms with Crippen molar-refractivity contribution in [2.24, 2.45) is 0 Å². The normalized spacial score (nSPS) is 20.0. The van der Waals surface area contributed by atoms with E-state index in [2.05, 4.69) is 37.2 Å².